The Hall–Kier alpha value is -2.12. The summed E-state index contributed by atoms with van der Waals surface area (Å²) >= 11 is 0. The van der Waals surface area contributed by atoms with Crippen molar-refractivity contribution in [2.75, 3.05) is 7.05 Å². The van der Waals surface area contributed by atoms with E-state index in [1.807, 2.05) is 30.5 Å². The van der Waals surface area contributed by atoms with Gasteiger partial charge in [0.25, 0.3) is 0 Å². The van der Waals surface area contributed by atoms with Crippen LogP contribution in [-0.4, -0.2) is 29.9 Å². The van der Waals surface area contributed by atoms with E-state index in [-0.39, 0.29) is 11.4 Å². The van der Waals surface area contributed by atoms with E-state index in [0.29, 0.717) is 11.5 Å². The standard InChI is InChI=1S/C15H17N3O3S/c1-10-15(11(2)21-17-10)22(19,20)18(3)9-12-8-16-14-7-5-4-6-13(12)14/h4-8,16H,9H2,1-3H3. The number of nitrogens with zero attached hydrogens (tertiary/aromatic N) is 2. The van der Waals surface area contributed by atoms with Crippen molar-refractivity contribution in [1.29, 1.82) is 0 Å². The van der Waals surface area contributed by atoms with Gasteiger partial charge in [-0.05, 0) is 25.5 Å². The van der Waals surface area contributed by atoms with Gasteiger partial charge in [0.15, 0.2) is 5.76 Å². The van der Waals surface area contributed by atoms with E-state index in [1.165, 1.54) is 4.31 Å². The molecule has 7 heteroatoms. The molecule has 1 N–H and O–H groups in total. The lowest BCUT2D eigenvalue weighted by molar-refractivity contribution is 0.389. The zero-order chi connectivity index (χ0) is 15.9. The topological polar surface area (TPSA) is 79.2 Å². The minimum Gasteiger partial charge on any atom is -0.361 e. The highest BCUT2D eigenvalue weighted by molar-refractivity contribution is 7.89. The number of aromatic nitrogens is 2. The van der Waals surface area contributed by atoms with Crippen LogP contribution in [-0.2, 0) is 16.6 Å². The molecule has 22 heavy (non-hydrogen) atoms. The maximum absolute atomic E-state index is 12.7. The Morgan fingerprint density at radius 1 is 1.27 bits per heavy atom. The minimum absolute atomic E-state index is 0.148. The second kappa shape index (κ2) is 5.26. The molecule has 2 heterocycles. The maximum Gasteiger partial charge on any atom is 0.248 e. The van der Waals surface area contributed by atoms with Gasteiger partial charge in [-0.25, -0.2) is 8.42 Å². The van der Waals surface area contributed by atoms with Gasteiger partial charge in [0.1, 0.15) is 10.6 Å². The molecule has 0 aliphatic rings. The third-order valence-corrected chi connectivity index (χ3v) is 5.75. The first-order chi connectivity index (χ1) is 10.4. The highest BCUT2D eigenvalue weighted by atomic mass is 32.2. The summed E-state index contributed by atoms with van der Waals surface area (Å²) in [5, 5.41) is 4.74. The van der Waals surface area contributed by atoms with Crippen LogP contribution in [0, 0.1) is 13.8 Å². The summed E-state index contributed by atoms with van der Waals surface area (Å²) in [6, 6.07) is 7.80. The predicted molar refractivity (Wildman–Crippen MR) is 82.9 cm³/mol. The third-order valence-electron chi connectivity index (χ3n) is 3.70. The SMILES string of the molecule is Cc1noc(C)c1S(=O)(=O)N(C)Cc1c[nH]c2ccccc12. The molecule has 0 bridgehead atoms. The van der Waals surface area contributed by atoms with E-state index in [1.54, 1.807) is 20.9 Å². The van der Waals surface area contributed by atoms with Crippen LogP contribution in [0.15, 0.2) is 39.9 Å². The van der Waals surface area contributed by atoms with Gasteiger partial charge >= 0.3 is 0 Å². The molecule has 0 saturated heterocycles. The second-order valence-corrected chi connectivity index (χ2v) is 7.26. The van der Waals surface area contributed by atoms with Crippen molar-refractivity contribution in [3.05, 3.63) is 47.5 Å². The average molecular weight is 319 g/mol. The van der Waals surface area contributed by atoms with Crippen LogP contribution in [0.5, 0.6) is 0 Å². The summed E-state index contributed by atoms with van der Waals surface area (Å²) in [7, 11) is -2.08. The number of hydrogen-bond acceptors (Lipinski definition) is 4. The molecule has 0 atom stereocenters. The van der Waals surface area contributed by atoms with E-state index < -0.39 is 10.0 Å². The highest BCUT2D eigenvalue weighted by Gasteiger charge is 2.28. The molecule has 0 spiro atoms. The zero-order valence-electron chi connectivity index (χ0n) is 12.6. The maximum atomic E-state index is 12.7. The Kier molecular flexibility index (Phi) is 3.54. The van der Waals surface area contributed by atoms with Crippen molar-refractivity contribution < 1.29 is 12.9 Å². The Labute approximate surface area is 128 Å². The fourth-order valence-electron chi connectivity index (χ4n) is 2.59. The van der Waals surface area contributed by atoms with E-state index in [0.717, 1.165) is 16.5 Å². The van der Waals surface area contributed by atoms with E-state index >= 15 is 0 Å². The van der Waals surface area contributed by atoms with Crippen molar-refractivity contribution in [2.45, 2.75) is 25.3 Å². The molecule has 116 valence electrons. The normalized spacial score (nSPS) is 12.4. The molecule has 3 rings (SSSR count). The Morgan fingerprint density at radius 3 is 2.68 bits per heavy atom. The number of sulfonamides is 1. The van der Waals surface area contributed by atoms with Gasteiger partial charge in [0.05, 0.1) is 0 Å². The lowest BCUT2D eigenvalue weighted by Crippen LogP contribution is -2.27. The molecule has 6 nitrogen and oxygen atoms in total. The van der Waals surface area contributed by atoms with Crippen molar-refractivity contribution in [3.63, 3.8) is 0 Å². The molecular formula is C15H17N3O3S. The quantitative estimate of drug-likeness (QED) is 0.801. The number of para-hydroxylation sites is 1. The summed E-state index contributed by atoms with van der Waals surface area (Å²) < 4.78 is 31.7. The number of benzene rings is 1. The van der Waals surface area contributed by atoms with Crippen molar-refractivity contribution in [1.82, 2.24) is 14.4 Å². The lowest BCUT2D eigenvalue weighted by atomic mass is 10.2. The fraction of sp³-hybridized carbons (Fsp3) is 0.267. The first-order valence-electron chi connectivity index (χ1n) is 6.85. The molecule has 3 aromatic rings. The molecule has 0 amide bonds. The third kappa shape index (κ3) is 2.32. The monoisotopic (exact) mass is 319 g/mol. The second-order valence-electron chi connectivity index (χ2n) is 5.27. The predicted octanol–water partition coefficient (Wildman–Crippen LogP) is 2.59. The summed E-state index contributed by atoms with van der Waals surface area (Å²) in [5.41, 5.74) is 2.29. The molecule has 1 aromatic carbocycles. The molecule has 2 aromatic heterocycles. The van der Waals surface area contributed by atoms with Gasteiger partial charge in [0.2, 0.25) is 10.0 Å². The van der Waals surface area contributed by atoms with Crippen LogP contribution in [0.4, 0.5) is 0 Å². The van der Waals surface area contributed by atoms with Gasteiger partial charge in [-0.2, -0.15) is 4.31 Å². The molecule has 0 saturated carbocycles. The summed E-state index contributed by atoms with van der Waals surface area (Å²) in [6.07, 6.45) is 1.84. The number of nitrogens with one attached hydrogen (secondary N) is 1. The Bertz CT molecular complexity index is 905. The number of rotatable bonds is 4. The van der Waals surface area contributed by atoms with Crippen molar-refractivity contribution in [2.24, 2.45) is 0 Å². The number of aryl methyl sites for hydroxylation is 2. The molecular weight excluding hydrogens is 302 g/mol. The number of aromatic amines is 1. The smallest absolute Gasteiger partial charge is 0.248 e. The molecule has 0 aliphatic carbocycles. The first-order valence-corrected chi connectivity index (χ1v) is 8.29. The number of fused-ring (bicyclic) bond motifs is 1. The van der Waals surface area contributed by atoms with Gasteiger partial charge < -0.3 is 9.51 Å². The fourth-order valence-corrected chi connectivity index (χ4v) is 4.02. The Morgan fingerprint density at radius 2 is 2.00 bits per heavy atom. The van der Waals surface area contributed by atoms with Crippen LogP contribution in [0.3, 0.4) is 0 Å². The van der Waals surface area contributed by atoms with Crippen LogP contribution in [0.2, 0.25) is 0 Å². The van der Waals surface area contributed by atoms with Crippen molar-refractivity contribution >= 4 is 20.9 Å². The molecule has 0 unspecified atom stereocenters. The van der Waals surface area contributed by atoms with Gasteiger partial charge in [0, 0.05) is 30.7 Å². The van der Waals surface area contributed by atoms with E-state index in [2.05, 4.69) is 10.1 Å². The number of H-pyrrole nitrogens is 1. The van der Waals surface area contributed by atoms with Gasteiger partial charge in [-0.3, -0.25) is 0 Å². The van der Waals surface area contributed by atoms with Crippen LogP contribution in [0.1, 0.15) is 17.0 Å². The van der Waals surface area contributed by atoms with Crippen LogP contribution < -0.4 is 0 Å². The summed E-state index contributed by atoms with van der Waals surface area (Å²) in [6.45, 7) is 3.51. The van der Waals surface area contributed by atoms with Crippen LogP contribution >= 0.6 is 0 Å². The van der Waals surface area contributed by atoms with Gasteiger partial charge in [-0.1, -0.05) is 23.4 Å². The summed E-state index contributed by atoms with van der Waals surface area (Å²) in [5.74, 6) is 0.309. The zero-order valence-corrected chi connectivity index (χ0v) is 13.4. The highest BCUT2D eigenvalue weighted by Crippen LogP contribution is 2.25. The summed E-state index contributed by atoms with van der Waals surface area (Å²) in [4.78, 5) is 3.30. The van der Waals surface area contributed by atoms with E-state index in [4.69, 9.17) is 4.52 Å². The molecule has 0 radical (unpaired) electrons. The average Bonchev–Trinajstić information content (AvgIpc) is 3.03. The first kappa shape index (κ1) is 14.8. The van der Waals surface area contributed by atoms with Crippen molar-refractivity contribution in [3.8, 4) is 0 Å². The van der Waals surface area contributed by atoms with Crippen LogP contribution in [0.25, 0.3) is 10.9 Å². The largest absolute Gasteiger partial charge is 0.361 e. The van der Waals surface area contributed by atoms with E-state index in [9.17, 15) is 8.42 Å². The Balaban J connectivity index is 1.96. The van der Waals surface area contributed by atoms with Gasteiger partial charge in [-0.15, -0.1) is 0 Å². The molecule has 0 fully saturated rings. The lowest BCUT2D eigenvalue weighted by Gasteiger charge is -2.16. The minimum atomic E-state index is -3.64. The molecule has 0 aliphatic heterocycles. The number of hydrogen-bond donors (Lipinski definition) is 1.